The number of rotatable bonds is 5. The minimum absolute atomic E-state index is 0.0569. The molecule has 3 aromatic rings. The van der Waals surface area contributed by atoms with Crippen molar-refractivity contribution in [3.8, 4) is 17.5 Å². The van der Waals surface area contributed by atoms with Gasteiger partial charge in [0.15, 0.2) is 0 Å². The van der Waals surface area contributed by atoms with E-state index in [-0.39, 0.29) is 5.57 Å². The summed E-state index contributed by atoms with van der Waals surface area (Å²) < 4.78 is 7.30. The lowest BCUT2D eigenvalue weighted by Gasteiger charge is -2.10. The number of aryl methyl sites for hydroxylation is 2. The highest BCUT2D eigenvalue weighted by molar-refractivity contribution is 6.09. The Hall–Kier alpha value is -3.78. The zero-order chi connectivity index (χ0) is 21.0. The molecule has 0 radical (unpaired) electrons. The quantitative estimate of drug-likeness (QED) is 0.499. The average Bonchev–Trinajstić information content (AvgIpc) is 2.99. The Morgan fingerprint density at radius 2 is 1.83 bits per heavy atom. The maximum atomic E-state index is 12.6. The lowest BCUT2D eigenvalue weighted by atomic mass is 10.1. The first kappa shape index (κ1) is 20.0. The van der Waals surface area contributed by atoms with Crippen LogP contribution in [0.1, 0.15) is 22.5 Å². The topological polar surface area (TPSA) is 67.0 Å². The molecule has 2 aromatic carbocycles. The summed E-state index contributed by atoms with van der Waals surface area (Å²) in [4.78, 5) is 12.6. The molecule has 0 saturated carbocycles. The minimum atomic E-state index is -0.424. The van der Waals surface area contributed by atoms with Crippen LogP contribution in [-0.2, 0) is 4.79 Å². The van der Waals surface area contributed by atoms with Crippen molar-refractivity contribution in [3.63, 3.8) is 0 Å². The molecule has 0 atom stereocenters. The molecule has 1 heterocycles. The predicted octanol–water partition coefficient (Wildman–Crippen LogP) is 4.96. The number of hydrogen-bond donors (Lipinski definition) is 1. The highest BCUT2D eigenvalue weighted by Gasteiger charge is 2.14. The molecule has 1 amide bonds. The molecule has 0 aliphatic rings. The SMILES string of the molecule is COc1ccc(-n2c(C)cc(C=C(C#N)C(=O)Nc3cccc(C)c3)c2C)cc1. The molecule has 1 aromatic heterocycles. The fourth-order valence-electron chi connectivity index (χ4n) is 3.29. The van der Waals surface area contributed by atoms with Gasteiger partial charge in [-0.05, 0) is 80.4 Å². The first-order valence-electron chi connectivity index (χ1n) is 9.26. The van der Waals surface area contributed by atoms with Crippen LogP contribution in [0.4, 0.5) is 5.69 Å². The van der Waals surface area contributed by atoms with Crippen LogP contribution in [0.2, 0.25) is 0 Å². The van der Waals surface area contributed by atoms with Gasteiger partial charge in [0.1, 0.15) is 17.4 Å². The number of nitrogens with one attached hydrogen (secondary N) is 1. The summed E-state index contributed by atoms with van der Waals surface area (Å²) in [6.07, 6.45) is 1.63. The van der Waals surface area contributed by atoms with E-state index in [0.717, 1.165) is 34.0 Å². The highest BCUT2D eigenvalue weighted by atomic mass is 16.5. The van der Waals surface area contributed by atoms with Crippen molar-refractivity contribution in [1.29, 1.82) is 5.26 Å². The van der Waals surface area contributed by atoms with E-state index in [2.05, 4.69) is 9.88 Å². The second-order valence-corrected chi connectivity index (χ2v) is 6.85. The molecule has 0 spiro atoms. The Morgan fingerprint density at radius 3 is 2.45 bits per heavy atom. The Labute approximate surface area is 170 Å². The van der Waals surface area contributed by atoms with Crippen molar-refractivity contribution >= 4 is 17.7 Å². The molecule has 0 aliphatic heterocycles. The summed E-state index contributed by atoms with van der Waals surface area (Å²) in [6.45, 7) is 5.91. The molecule has 5 heteroatoms. The molecule has 5 nitrogen and oxygen atoms in total. The van der Waals surface area contributed by atoms with Crippen LogP contribution in [0.25, 0.3) is 11.8 Å². The summed E-state index contributed by atoms with van der Waals surface area (Å²) in [5.41, 5.74) is 5.53. The third kappa shape index (κ3) is 4.39. The Balaban J connectivity index is 1.91. The summed E-state index contributed by atoms with van der Waals surface area (Å²) >= 11 is 0. The van der Waals surface area contributed by atoms with Gasteiger partial charge in [-0.15, -0.1) is 0 Å². The van der Waals surface area contributed by atoms with Gasteiger partial charge in [0.05, 0.1) is 7.11 Å². The second kappa shape index (κ2) is 8.49. The fourth-order valence-corrected chi connectivity index (χ4v) is 3.29. The van der Waals surface area contributed by atoms with E-state index in [0.29, 0.717) is 5.69 Å². The molecule has 3 rings (SSSR count). The van der Waals surface area contributed by atoms with Crippen molar-refractivity contribution in [2.24, 2.45) is 0 Å². The minimum Gasteiger partial charge on any atom is -0.497 e. The van der Waals surface area contributed by atoms with Gasteiger partial charge in [0, 0.05) is 22.8 Å². The molecule has 1 N–H and O–H groups in total. The van der Waals surface area contributed by atoms with Gasteiger partial charge in [-0.3, -0.25) is 4.79 Å². The number of aromatic nitrogens is 1. The lowest BCUT2D eigenvalue weighted by molar-refractivity contribution is -0.112. The third-order valence-electron chi connectivity index (χ3n) is 4.74. The van der Waals surface area contributed by atoms with E-state index in [1.807, 2.05) is 75.4 Å². The Bertz CT molecular complexity index is 1120. The van der Waals surface area contributed by atoms with E-state index in [1.165, 1.54) is 0 Å². The molecule has 0 bridgehead atoms. The van der Waals surface area contributed by atoms with Crippen LogP contribution in [0.15, 0.2) is 60.2 Å². The number of anilines is 1. The van der Waals surface area contributed by atoms with Crippen LogP contribution in [-0.4, -0.2) is 17.6 Å². The molecular weight excluding hydrogens is 362 g/mol. The van der Waals surface area contributed by atoms with E-state index in [1.54, 1.807) is 19.3 Å². The first-order chi connectivity index (χ1) is 13.9. The molecule has 29 heavy (non-hydrogen) atoms. The van der Waals surface area contributed by atoms with Crippen LogP contribution in [0.5, 0.6) is 5.75 Å². The normalized spacial score (nSPS) is 11.1. The van der Waals surface area contributed by atoms with Crippen molar-refractivity contribution in [3.05, 3.63) is 82.7 Å². The molecule has 0 fully saturated rings. The van der Waals surface area contributed by atoms with Gasteiger partial charge in [-0.25, -0.2) is 0 Å². The lowest BCUT2D eigenvalue weighted by Crippen LogP contribution is -2.13. The zero-order valence-corrected chi connectivity index (χ0v) is 17.0. The number of carbonyl (C=O) groups is 1. The van der Waals surface area contributed by atoms with Gasteiger partial charge < -0.3 is 14.6 Å². The number of amides is 1. The number of nitriles is 1. The number of methoxy groups -OCH3 is 1. The predicted molar refractivity (Wildman–Crippen MR) is 115 cm³/mol. The van der Waals surface area contributed by atoms with Gasteiger partial charge in [-0.1, -0.05) is 12.1 Å². The summed E-state index contributed by atoms with van der Waals surface area (Å²) in [6, 6.07) is 19.2. The number of hydrogen-bond acceptors (Lipinski definition) is 3. The van der Waals surface area contributed by atoms with Gasteiger partial charge in [0.2, 0.25) is 0 Å². The molecule has 146 valence electrons. The van der Waals surface area contributed by atoms with Crippen molar-refractivity contribution in [2.45, 2.75) is 20.8 Å². The van der Waals surface area contributed by atoms with Gasteiger partial charge in [-0.2, -0.15) is 5.26 Å². The van der Waals surface area contributed by atoms with E-state index >= 15 is 0 Å². The Morgan fingerprint density at radius 1 is 1.10 bits per heavy atom. The number of nitrogens with zero attached hydrogens (tertiary/aromatic N) is 2. The fraction of sp³-hybridized carbons (Fsp3) is 0.167. The standard InChI is InChI=1S/C24H23N3O2/c1-16-6-5-7-21(12-16)26-24(28)20(15-25)14-19-13-17(2)27(18(19)3)22-8-10-23(29-4)11-9-22/h5-14H,1-4H3,(H,26,28). The van der Waals surface area contributed by atoms with Crippen molar-refractivity contribution in [1.82, 2.24) is 4.57 Å². The summed E-state index contributed by atoms with van der Waals surface area (Å²) in [7, 11) is 1.63. The maximum Gasteiger partial charge on any atom is 0.266 e. The summed E-state index contributed by atoms with van der Waals surface area (Å²) in [5, 5.41) is 12.3. The third-order valence-corrected chi connectivity index (χ3v) is 4.74. The number of benzene rings is 2. The maximum absolute atomic E-state index is 12.6. The second-order valence-electron chi connectivity index (χ2n) is 6.85. The molecule has 0 aliphatic carbocycles. The largest absolute Gasteiger partial charge is 0.497 e. The smallest absolute Gasteiger partial charge is 0.266 e. The van der Waals surface area contributed by atoms with Gasteiger partial charge >= 0.3 is 0 Å². The summed E-state index contributed by atoms with van der Waals surface area (Å²) in [5.74, 6) is 0.364. The van der Waals surface area contributed by atoms with E-state index < -0.39 is 5.91 Å². The van der Waals surface area contributed by atoms with Gasteiger partial charge in [0.25, 0.3) is 5.91 Å². The highest BCUT2D eigenvalue weighted by Crippen LogP contribution is 2.24. The van der Waals surface area contributed by atoms with Crippen LogP contribution in [0.3, 0.4) is 0 Å². The number of ether oxygens (including phenoxy) is 1. The number of carbonyl (C=O) groups excluding carboxylic acids is 1. The monoisotopic (exact) mass is 385 g/mol. The van der Waals surface area contributed by atoms with E-state index in [9.17, 15) is 10.1 Å². The molecular formula is C24H23N3O2. The molecule has 0 unspecified atom stereocenters. The van der Waals surface area contributed by atoms with Crippen LogP contribution in [0, 0.1) is 32.1 Å². The Kier molecular flexibility index (Phi) is 5.85. The van der Waals surface area contributed by atoms with Crippen molar-refractivity contribution < 1.29 is 9.53 Å². The van der Waals surface area contributed by atoms with Crippen molar-refractivity contribution in [2.75, 3.05) is 12.4 Å². The van der Waals surface area contributed by atoms with Crippen LogP contribution < -0.4 is 10.1 Å². The first-order valence-corrected chi connectivity index (χ1v) is 9.26. The zero-order valence-electron chi connectivity index (χ0n) is 17.0. The van der Waals surface area contributed by atoms with Crippen LogP contribution >= 0.6 is 0 Å². The van der Waals surface area contributed by atoms with E-state index in [4.69, 9.17) is 4.74 Å². The molecule has 0 saturated heterocycles. The average molecular weight is 385 g/mol.